The summed E-state index contributed by atoms with van der Waals surface area (Å²) in [5, 5.41) is 2.85. The van der Waals surface area contributed by atoms with Gasteiger partial charge < -0.3 is 5.32 Å². The standard InChI is InChI=1S/C7H8ClN3O/c1-5(11-4-12)6-7(8)10-3-2-9-6/h2-5H,1H3,(H,11,12). The molecular weight excluding hydrogens is 178 g/mol. The molecule has 0 spiro atoms. The predicted molar refractivity (Wildman–Crippen MR) is 44.7 cm³/mol. The second kappa shape index (κ2) is 4.01. The summed E-state index contributed by atoms with van der Waals surface area (Å²) in [6, 6.07) is -0.205. The van der Waals surface area contributed by atoms with E-state index in [1.54, 1.807) is 6.92 Å². The molecule has 0 radical (unpaired) electrons. The van der Waals surface area contributed by atoms with Crippen molar-refractivity contribution in [3.63, 3.8) is 0 Å². The number of carbonyl (C=O) groups excluding carboxylic acids is 1. The number of nitrogens with one attached hydrogen (secondary N) is 1. The fourth-order valence-electron chi connectivity index (χ4n) is 0.803. The van der Waals surface area contributed by atoms with Crippen molar-refractivity contribution in [1.82, 2.24) is 15.3 Å². The third-order valence-corrected chi connectivity index (χ3v) is 1.70. The molecule has 1 unspecified atom stereocenters. The van der Waals surface area contributed by atoms with E-state index in [0.29, 0.717) is 17.3 Å². The van der Waals surface area contributed by atoms with Gasteiger partial charge in [-0.2, -0.15) is 0 Å². The topological polar surface area (TPSA) is 54.9 Å². The van der Waals surface area contributed by atoms with Crippen molar-refractivity contribution < 1.29 is 4.79 Å². The van der Waals surface area contributed by atoms with Gasteiger partial charge in [0.25, 0.3) is 0 Å². The van der Waals surface area contributed by atoms with E-state index in [9.17, 15) is 4.79 Å². The Morgan fingerprint density at radius 1 is 1.58 bits per heavy atom. The molecule has 1 rings (SSSR count). The van der Waals surface area contributed by atoms with Crippen molar-refractivity contribution in [2.45, 2.75) is 13.0 Å². The minimum atomic E-state index is -0.205. The van der Waals surface area contributed by atoms with Crippen LogP contribution in [-0.4, -0.2) is 16.4 Å². The second-order valence-corrected chi connectivity index (χ2v) is 2.60. The number of carbonyl (C=O) groups is 1. The van der Waals surface area contributed by atoms with Gasteiger partial charge in [-0.3, -0.25) is 9.78 Å². The molecule has 0 bridgehead atoms. The zero-order chi connectivity index (χ0) is 8.97. The van der Waals surface area contributed by atoms with E-state index in [1.807, 2.05) is 0 Å². The molecule has 0 saturated carbocycles. The molecular formula is C7H8ClN3O. The van der Waals surface area contributed by atoms with Gasteiger partial charge in [0.1, 0.15) is 0 Å². The first-order valence-corrected chi connectivity index (χ1v) is 3.79. The summed E-state index contributed by atoms with van der Waals surface area (Å²) in [4.78, 5) is 17.9. The Kier molecular flexibility index (Phi) is 2.99. The lowest BCUT2D eigenvalue weighted by atomic mass is 10.2. The van der Waals surface area contributed by atoms with E-state index in [2.05, 4.69) is 15.3 Å². The van der Waals surface area contributed by atoms with Crippen LogP contribution >= 0.6 is 11.6 Å². The SMILES string of the molecule is CC(NC=O)c1nccnc1Cl. The summed E-state index contributed by atoms with van der Waals surface area (Å²) in [6.07, 6.45) is 3.64. The van der Waals surface area contributed by atoms with E-state index in [4.69, 9.17) is 11.6 Å². The number of hydrogen-bond donors (Lipinski definition) is 1. The number of amides is 1. The smallest absolute Gasteiger partial charge is 0.207 e. The Labute approximate surface area is 75.0 Å². The van der Waals surface area contributed by atoms with Crippen molar-refractivity contribution in [2.24, 2.45) is 0 Å². The molecule has 64 valence electrons. The molecule has 0 aromatic carbocycles. The molecule has 1 heterocycles. The molecule has 0 fully saturated rings. The van der Waals surface area contributed by atoms with Crippen LogP contribution in [0.1, 0.15) is 18.7 Å². The van der Waals surface area contributed by atoms with Gasteiger partial charge in [0.2, 0.25) is 6.41 Å². The minimum Gasteiger partial charge on any atom is -0.350 e. The Morgan fingerprint density at radius 2 is 2.25 bits per heavy atom. The van der Waals surface area contributed by atoms with E-state index in [1.165, 1.54) is 12.4 Å². The van der Waals surface area contributed by atoms with Gasteiger partial charge in [-0.15, -0.1) is 0 Å². The van der Waals surface area contributed by atoms with E-state index >= 15 is 0 Å². The van der Waals surface area contributed by atoms with Gasteiger partial charge in [0.05, 0.1) is 11.7 Å². The lowest BCUT2D eigenvalue weighted by Gasteiger charge is -2.09. The van der Waals surface area contributed by atoms with Crippen LogP contribution in [0.25, 0.3) is 0 Å². The Morgan fingerprint density at radius 3 is 2.83 bits per heavy atom. The Balaban J connectivity index is 2.86. The highest BCUT2D eigenvalue weighted by molar-refractivity contribution is 6.30. The van der Waals surface area contributed by atoms with Gasteiger partial charge in [0, 0.05) is 12.4 Å². The van der Waals surface area contributed by atoms with Crippen LogP contribution in [0, 0.1) is 0 Å². The molecule has 1 aromatic rings. The maximum Gasteiger partial charge on any atom is 0.207 e. The first-order chi connectivity index (χ1) is 5.75. The molecule has 5 heteroatoms. The monoisotopic (exact) mass is 185 g/mol. The maximum atomic E-state index is 10.1. The third kappa shape index (κ3) is 1.92. The molecule has 12 heavy (non-hydrogen) atoms. The summed E-state index contributed by atoms with van der Waals surface area (Å²) in [5.41, 5.74) is 0.575. The molecule has 0 saturated heterocycles. The third-order valence-electron chi connectivity index (χ3n) is 1.41. The van der Waals surface area contributed by atoms with Gasteiger partial charge in [-0.05, 0) is 6.92 Å². The van der Waals surface area contributed by atoms with Gasteiger partial charge in [-0.25, -0.2) is 4.98 Å². The van der Waals surface area contributed by atoms with Crippen molar-refractivity contribution in [2.75, 3.05) is 0 Å². The van der Waals surface area contributed by atoms with Crippen LogP contribution in [0.5, 0.6) is 0 Å². The summed E-state index contributed by atoms with van der Waals surface area (Å²) in [5.74, 6) is 0. The molecule has 0 aliphatic rings. The van der Waals surface area contributed by atoms with Gasteiger partial charge >= 0.3 is 0 Å². The lowest BCUT2D eigenvalue weighted by Crippen LogP contribution is -2.17. The zero-order valence-corrected chi connectivity index (χ0v) is 7.25. The first kappa shape index (κ1) is 8.93. The van der Waals surface area contributed by atoms with Crippen LogP contribution < -0.4 is 5.32 Å². The first-order valence-electron chi connectivity index (χ1n) is 3.42. The summed E-state index contributed by atoms with van der Waals surface area (Å²) in [7, 11) is 0. The quantitative estimate of drug-likeness (QED) is 0.713. The number of hydrogen-bond acceptors (Lipinski definition) is 3. The predicted octanol–water partition coefficient (Wildman–Crippen LogP) is 0.937. The summed E-state index contributed by atoms with van der Waals surface area (Å²) >= 11 is 5.73. The van der Waals surface area contributed by atoms with E-state index in [0.717, 1.165) is 0 Å². The Bertz CT molecular complexity index is 279. The van der Waals surface area contributed by atoms with Crippen molar-refractivity contribution in [3.8, 4) is 0 Å². The van der Waals surface area contributed by atoms with Crippen LogP contribution in [0.15, 0.2) is 12.4 Å². The number of rotatable bonds is 3. The van der Waals surface area contributed by atoms with Gasteiger partial charge in [-0.1, -0.05) is 11.6 Å². The van der Waals surface area contributed by atoms with Crippen molar-refractivity contribution in [3.05, 3.63) is 23.2 Å². The molecule has 1 aromatic heterocycles. The number of aromatic nitrogens is 2. The zero-order valence-electron chi connectivity index (χ0n) is 6.49. The van der Waals surface area contributed by atoms with Gasteiger partial charge in [0.15, 0.2) is 5.15 Å². The Hall–Kier alpha value is -1.16. The number of nitrogens with zero attached hydrogens (tertiary/aromatic N) is 2. The van der Waals surface area contributed by atoms with Crippen molar-refractivity contribution >= 4 is 18.0 Å². The summed E-state index contributed by atoms with van der Waals surface area (Å²) < 4.78 is 0. The van der Waals surface area contributed by atoms with Crippen LogP contribution in [-0.2, 0) is 4.79 Å². The molecule has 1 N–H and O–H groups in total. The highest BCUT2D eigenvalue weighted by atomic mass is 35.5. The van der Waals surface area contributed by atoms with Crippen LogP contribution in [0.4, 0.5) is 0 Å². The average Bonchev–Trinajstić information content (AvgIpc) is 2.05. The normalized spacial score (nSPS) is 12.2. The molecule has 1 atom stereocenters. The maximum absolute atomic E-state index is 10.1. The minimum absolute atomic E-state index is 0.205. The fourth-order valence-corrected chi connectivity index (χ4v) is 1.07. The van der Waals surface area contributed by atoms with Crippen molar-refractivity contribution in [1.29, 1.82) is 0 Å². The largest absolute Gasteiger partial charge is 0.350 e. The molecule has 4 nitrogen and oxygen atoms in total. The van der Waals surface area contributed by atoms with E-state index in [-0.39, 0.29) is 6.04 Å². The summed E-state index contributed by atoms with van der Waals surface area (Å²) in [6.45, 7) is 1.78. The lowest BCUT2D eigenvalue weighted by molar-refractivity contribution is -0.110. The second-order valence-electron chi connectivity index (χ2n) is 2.24. The molecule has 1 amide bonds. The highest BCUT2D eigenvalue weighted by Crippen LogP contribution is 2.15. The molecule has 0 aliphatic heterocycles. The van der Waals surface area contributed by atoms with E-state index < -0.39 is 0 Å². The van der Waals surface area contributed by atoms with Crippen LogP contribution in [0.3, 0.4) is 0 Å². The van der Waals surface area contributed by atoms with Crippen LogP contribution in [0.2, 0.25) is 5.15 Å². The fraction of sp³-hybridized carbons (Fsp3) is 0.286. The number of halogens is 1. The molecule has 0 aliphatic carbocycles. The average molecular weight is 186 g/mol. The highest BCUT2D eigenvalue weighted by Gasteiger charge is 2.09.